The first-order chi connectivity index (χ1) is 9.45. The van der Waals surface area contributed by atoms with Crippen LogP contribution in [0.5, 0.6) is 0 Å². The molecule has 3 aromatic rings. The monoisotopic (exact) mass is 279 g/mol. The summed E-state index contributed by atoms with van der Waals surface area (Å²) in [5.74, 6) is -0.638. The molecule has 1 heterocycles. The number of rotatable bonds is 1. The molecule has 0 radical (unpaired) electrons. The number of hydrogen-bond acceptors (Lipinski definition) is 2. The number of nitrogens with one attached hydrogen (secondary N) is 1. The molecule has 0 aliphatic carbocycles. The molecule has 0 saturated heterocycles. The van der Waals surface area contributed by atoms with Gasteiger partial charge < -0.3 is 4.42 Å². The van der Waals surface area contributed by atoms with Crippen LogP contribution in [0.25, 0.3) is 22.2 Å². The van der Waals surface area contributed by atoms with E-state index in [1.165, 1.54) is 36.4 Å². The predicted octanol–water partition coefficient (Wildman–Crippen LogP) is 3.81. The maximum atomic E-state index is 13.0. The Balaban J connectivity index is 2.23. The first-order valence-corrected chi connectivity index (χ1v) is 5.74. The lowest BCUT2D eigenvalue weighted by Crippen LogP contribution is -2.06. The fourth-order valence-corrected chi connectivity index (χ4v) is 2.09. The molecule has 0 unspecified atom stereocenters. The number of H-pyrrole nitrogens is 1. The van der Waals surface area contributed by atoms with Crippen LogP contribution >= 0.6 is 0 Å². The summed E-state index contributed by atoms with van der Waals surface area (Å²) in [7, 11) is 0. The highest BCUT2D eigenvalue weighted by atomic mass is 19.4. The van der Waals surface area contributed by atoms with Crippen molar-refractivity contribution in [3.8, 4) is 11.1 Å². The minimum atomic E-state index is -4.44. The molecule has 0 fully saturated rings. The zero-order chi connectivity index (χ0) is 14.3. The normalized spacial score (nSPS) is 11.9. The number of fused-ring (bicyclic) bond motifs is 1. The predicted molar refractivity (Wildman–Crippen MR) is 67.3 cm³/mol. The molecule has 102 valence electrons. The Bertz CT molecular complexity index is 830. The summed E-state index contributed by atoms with van der Waals surface area (Å²) >= 11 is 0. The summed E-state index contributed by atoms with van der Waals surface area (Å²) in [4.78, 5) is 13.5. The van der Waals surface area contributed by atoms with Gasteiger partial charge in [0, 0.05) is 0 Å². The highest BCUT2D eigenvalue weighted by molar-refractivity contribution is 5.81. The van der Waals surface area contributed by atoms with Crippen LogP contribution in [0.3, 0.4) is 0 Å². The molecule has 0 aliphatic rings. The average Bonchev–Trinajstić information content (AvgIpc) is 2.76. The third-order valence-electron chi connectivity index (χ3n) is 2.96. The van der Waals surface area contributed by atoms with Crippen molar-refractivity contribution in [2.24, 2.45) is 0 Å². The van der Waals surface area contributed by atoms with Gasteiger partial charge in [-0.3, -0.25) is 4.98 Å². The molecule has 0 amide bonds. The molecule has 3 nitrogen and oxygen atoms in total. The van der Waals surface area contributed by atoms with Crippen LogP contribution in [-0.2, 0) is 6.18 Å². The van der Waals surface area contributed by atoms with Crippen molar-refractivity contribution < 1.29 is 17.6 Å². The third kappa shape index (κ3) is 2.09. The Morgan fingerprint density at radius 2 is 1.80 bits per heavy atom. The molecule has 6 heteroatoms. The highest BCUT2D eigenvalue weighted by Crippen LogP contribution is 2.37. The zero-order valence-corrected chi connectivity index (χ0v) is 9.99. The number of benzene rings is 2. The highest BCUT2D eigenvalue weighted by Gasteiger charge is 2.33. The van der Waals surface area contributed by atoms with Crippen molar-refractivity contribution in [2.45, 2.75) is 6.18 Å². The lowest BCUT2D eigenvalue weighted by Gasteiger charge is -2.12. The van der Waals surface area contributed by atoms with Crippen molar-refractivity contribution in [2.75, 3.05) is 0 Å². The van der Waals surface area contributed by atoms with Gasteiger partial charge in [-0.2, -0.15) is 13.2 Å². The molecule has 0 bridgehead atoms. The SMILES string of the molecule is O=c1[nH]c2ccc(-c3ccccc3C(F)(F)F)cc2o1. The van der Waals surface area contributed by atoms with Gasteiger partial charge in [-0.25, -0.2) is 4.79 Å². The summed E-state index contributed by atoms with van der Waals surface area (Å²) in [5.41, 5.74) is 0.337. The summed E-state index contributed by atoms with van der Waals surface area (Å²) in [6.07, 6.45) is -4.44. The minimum Gasteiger partial charge on any atom is -0.408 e. The Kier molecular flexibility index (Phi) is 2.67. The van der Waals surface area contributed by atoms with Gasteiger partial charge in [-0.15, -0.1) is 0 Å². The first kappa shape index (κ1) is 12.5. The van der Waals surface area contributed by atoms with E-state index in [0.29, 0.717) is 11.1 Å². The first-order valence-electron chi connectivity index (χ1n) is 5.74. The second kappa shape index (κ2) is 4.26. The van der Waals surface area contributed by atoms with Crippen LogP contribution in [-0.4, -0.2) is 4.98 Å². The molecule has 0 atom stereocenters. The van der Waals surface area contributed by atoms with Gasteiger partial charge in [0.2, 0.25) is 0 Å². The lowest BCUT2D eigenvalue weighted by atomic mass is 9.99. The van der Waals surface area contributed by atoms with Crippen LogP contribution in [0.2, 0.25) is 0 Å². The molecule has 0 aliphatic heterocycles. The summed E-state index contributed by atoms with van der Waals surface area (Å²) in [5, 5.41) is 0. The van der Waals surface area contributed by atoms with E-state index in [1.54, 1.807) is 0 Å². The maximum absolute atomic E-state index is 13.0. The van der Waals surface area contributed by atoms with Crippen LogP contribution < -0.4 is 5.76 Å². The van der Waals surface area contributed by atoms with Crippen LogP contribution in [0.4, 0.5) is 13.2 Å². The Labute approximate surface area is 110 Å². The molecule has 1 N–H and O–H groups in total. The van der Waals surface area contributed by atoms with E-state index in [0.717, 1.165) is 6.07 Å². The third-order valence-corrected chi connectivity index (χ3v) is 2.96. The molecular formula is C14H8F3NO2. The van der Waals surface area contributed by atoms with Crippen LogP contribution in [0, 0.1) is 0 Å². The van der Waals surface area contributed by atoms with Gasteiger partial charge in [0.1, 0.15) is 0 Å². The van der Waals surface area contributed by atoms with Crippen molar-refractivity contribution in [3.05, 3.63) is 58.6 Å². The van der Waals surface area contributed by atoms with Crippen molar-refractivity contribution in [3.63, 3.8) is 0 Å². The number of alkyl halides is 3. The van der Waals surface area contributed by atoms with Crippen molar-refractivity contribution >= 4 is 11.1 Å². The van der Waals surface area contributed by atoms with E-state index in [4.69, 9.17) is 4.42 Å². The molecule has 1 aromatic heterocycles. The maximum Gasteiger partial charge on any atom is 0.417 e. The Morgan fingerprint density at radius 3 is 2.55 bits per heavy atom. The number of hydrogen-bond donors (Lipinski definition) is 1. The lowest BCUT2D eigenvalue weighted by molar-refractivity contribution is -0.137. The summed E-state index contributed by atoms with van der Waals surface area (Å²) in [6, 6.07) is 9.71. The Hall–Kier alpha value is -2.50. The smallest absolute Gasteiger partial charge is 0.408 e. The number of oxazole rings is 1. The summed E-state index contributed by atoms with van der Waals surface area (Å²) < 4.78 is 43.8. The van der Waals surface area contributed by atoms with E-state index >= 15 is 0 Å². The van der Waals surface area contributed by atoms with Crippen molar-refractivity contribution in [1.29, 1.82) is 0 Å². The fourth-order valence-electron chi connectivity index (χ4n) is 2.09. The van der Waals surface area contributed by atoms with E-state index in [-0.39, 0.29) is 11.1 Å². The second-order valence-electron chi connectivity index (χ2n) is 4.27. The van der Waals surface area contributed by atoms with Gasteiger partial charge in [0.05, 0.1) is 11.1 Å². The number of halogens is 3. The van der Waals surface area contributed by atoms with Gasteiger partial charge in [0.25, 0.3) is 0 Å². The second-order valence-corrected chi connectivity index (χ2v) is 4.27. The minimum absolute atomic E-state index is 0.0470. The topological polar surface area (TPSA) is 46.0 Å². The van der Waals surface area contributed by atoms with Gasteiger partial charge >= 0.3 is 11.9 Å². The van der Waals surface area contributed by atoms with Crippen LogP contribution in [0.1, 0.15) is 5.56 Å². The Morgan fingerprint density at radius 1 is 1.05 bits per heavy atom. The van der Waals surface area contributed by atoms with Gasteiger partial charge in [-0.1, -0.05) is 24.3 Å². The zero-order valence-electron chi connectivity index (χ0n) is 9.99. The van der Waals surface area contributed by atoms with E-state index in [1.807, 2.05) is 0 Å². The fraction of sp³-hybridized carbons (Fsp3) is 0.0714. The standard InChI is InChI=1S/C14H8F3NO2/c15-14(16,17)10-4-2-1-3-9(10)8-5-6-11-12(7-8)20-13(19)18-11/h1-7H,(H,18,19). The summed E-state index contributed by atoms with van der Waals surface area (Å²) in [6.45, 7) is 0. The largest absolute Gasteiger partial charge is 0.417 e. The average molecular weight is 279 g/mol. The molecule has 0 saturated carbocycles. The van der Waals surface area contributed by atoms with Crippen molar-refractivity contribution in [1.82, 2.24) is 4.98 Å². The quantitative estimate of drug-likeness (QED) is 0.736. The molecule has 2 aromatic carbocycles. The van der Waals surface area contributed by atoms with E-state index < -0.39 is 17.5 Å². The van der Waals surface area contributed by atoms with Gasteiger partial charge in [-0.05, 0) is 29.3 Å². The van der Waals surface area contributed by atoms with E-state index in [9.17, 15) is 18.0 Å². The molecule has 0 spiro atoms. The number of aromatic nitrogens is 1. The van der Waals surface area contributed by atoms with E-state index in [2.05, 4.69) is 4.98 Å². The molecule has 20 heavy (non-hydrogen) atoms. The van der Waals surface area contributed by atoms with Crippen LogP contribution in [0.15, 0.2) is 51.7 Å². The number of aromatic amines is 1. The molecular weight excluding hydrogens is 271 g/mol. The van der Waals surface area contributed by atoms with Gasteiger partial charge in [0.15, 0.2) is 5.58 Å². The molecule has 3 rings (SSSR count).